The Labute approximate surface area is 123 Å². The molecular formula is C13H13BrN2O2S. The number of benzene rings is 1. The van der Waals surface area contributed by atoms with Gasteiger partial charge in [0.25, 0.3) is 0 Å². The molecule has 3 N–H and O–H groups in total. The molecular weight excluding hydrogens is 328 g/mol. The SMILES string of the molecule is COc1cc(C(=N)N)ccc1OCc1cc(Br)cs1. The van der Waals surface area contributed by atoms with Gasteiger partial charge in [-0.1, -0.05) is 0 Å². The third-order valence-corrected chi connectivity index (χ3v) is 4.14. The minimum absolute atomic E-state index is 0.00652. The summed E-state index contributed by atoms with van der Waals surface area (Å²) in [6.07, 6.45) is 0. The van der Waals surface area contributed by atoms with Crippen molar-refractivity contribution in [1.82, 2.24) is 0 Å². The van der Waals surface area contributed by atoms with Crippen molar-refractivity contribution in [1.29, 1.82) is 5.41 Å². The summed E-state index contributed by atoms with van der Waals surface area (Å²) >= 11 is 5.03. The van der Waals surface area contributed by atoms with E-state index in [9.17, 15) is 0 Å². The molecule has 100 valence electrons. The van der Waals surface area contributed by atoms with Crippen LogP contribution >= 0.6 is 27.3 Å². The van der Waals surface area contributed by atoms with Gasteiger partial charge >= 0.3 is 0 Å². The first-order valence-electron chi connectivity index (χ1n) is 5.48. The predicted octanol–water partition coefficient (Wildman–Crippen LogP) is 3.38. The zero-order valence-corrected chi connectivity index (χ0v) is 12.7. The highest BCUT2D eigenvalue weighted by atomic mass is 79.9. The van der Waals surface area contributed by atoms with Gasteiger partial charge in [-0.15, -0.1) is 11.3 Å². The predicted molar refractivity (Wildman–Crippen MR) is 80.4 cm³/mol. The van der Waals surface area contributed by atoms with Crippen molar-refractivity contribution in [3.05, 3.63) is 44.6 Å². The molecule has 0 saturated heterocycles. The lowest BCUT2D eigenvalue weighted by Gasteiger charge is -2.11. The van der Waals surface area contributed by atoms with E-state index in [1.54, 1.807) is 36.6 Å². The van der Waals surface area contributed by atoms with Gasteiger partial charge in [0.15, 0.2) is 11.5 Å². The molecule has 4 nitrogen and oxygen atoms in total. The van der Waals surface area contributed by atoms with Crippen molar-refractivity contribution in [3.8, 4) is 11.5 Å². The molecule has 6 heteroatoms. The lowest BCUT2D eigenvalue weighted by atomic mass is 10.2. The number of nitrogens with one attached hydrogen (secondary N) is 1. The number of ether oxygens (including phenoxy) is 2. The van der Waals surface area contributed by atoms with E-state index in [0.29, 0.717) is 23.7 Å². The molecule has 0 saturated carbocycles. The molecule has 0 aliphatic heterocycles. The average Bonchev–Trinajstić information content (AvgIpc) is 2.81. The van der Waals surface area contributed by atoms with Crippen molar-refractivity contribution in [3.63, 3.8) is 0 Å². The van der Waals surface area contributed by atoms with Crippen LogP contribution in [-0.4, -0.2) is 12.9 Å². The molecule has 0 atom stereocenters. The van der Waals surface area contributed by atoms with Crippen LogP contribution in [0.5, 0.6) is 11.5 Å². The van der Waals surface area contributed by atoms with Crippen LogP contribution in [0.1, 0.15) is 10.4 Å². The Hall–Kier alpha value is -1.53. The van der Waals surface area contributed by atoms with E-state index >= 15 is 0 Å². The summed E-state index contributed by atoms with van der Waals surface area (Å²) in [5.41, 5.74) is 6.05. The largest absolute Gasteiger partial charge is 0.493 e. The Morgan fingerprint density at radius 2 is 2.16 bits per heavy atom. The number of nitrogen functional groups attached to an aromatic ring is 1. The van der Waals surface area contributed by atoms with Gasteiger partial charge in [0, 0.05) is 20.3 Å². The summed E-state index contributed by atoms with van der Waals surface area (Å²) in [5, 5.41) is 9.40. The molecule has 0 fully saturated rings. The van der Waals surface area contributed by atoms with Crippen molar-refractivity contribution in [2.45, 2.75) is 6.61 Å². The summed E-state index contributed by atoms with van der Waals surface area (Å²) in [7, 11) is 1.56. The van der Waals surface area contributed by atoms with Crippen molar-refractivity contribution in [2.75, 3.05) is 7.11 Å². The maximum Gasteiger partial charge on any atom is 0.161 e. The summed E-state index contributed by atoms with van der Waals surface area (Å²) < 4.78 is 12.0. The maximum atomic E-state index is 7.39. The molecule has 0 bridgehead atoms. The average molecular weight is 341 g/mol. The van der Waals surface area contributed by atoms with Crippen LogP contribution in [0.3, 0.4) is 0 Å². The van der Waals surface area contributed by atoms with Gasteiger partial charge in [0.05, 0.1) is 7.11 Å². The Kier molecular flexibility index (Phi) is 4.44. The van der Waals surface area contributed by atoms with E-state index in [2.05, 4.69) is 15.9 Å². The number of thiophene rings is 1. The monoisotopic (exact) mass is 340 g/mol. The van der Waals surface area contributed by atoms with Crippen LogP contribution in [0.4, 0.5) is 0 Å². The fourth-order valence-corrected chi connectivity index (χ4v) is 2.89. The minimum Gasteiger partial charge on any atom is -0.493 e. The highest BCUT2D eigenvalue weighted by Gasteiger charge is 2.08. The topological polar surface area (TPSA) is 68.3 Å². The molecule has 0 spiro atoms. The standard InChI is InChI=1S/C13H13BrN2O2S/c1-17-12-4-8(13(15)16)2-3-11(12)18-6-10-5-9(14)7-19-10/h2-5,7H,6H2,1H3,(H3,15,16). The third kappa shape index (κ3) is 3.48. The Morgan fingerprint density at radius 3 is 2.74 bits per heavy atom. The second-order valence-electron chi connectivity index (χ2n) is 3.80. The molecule has 1 aromatic heterocycles. The van der Waals surface area contributed by atoms with Gasteiger partial charge in [0.1, 0.15) is 12.4 Å². The summed E-state index contributed by atoms with van der Waals surface area (Å²) in [4.78, 5) is 1.12. The number of methoxy groups -OCH3 is 1. The van der Waals surface area contributed by atoms with Gasteiger partial charge in [-0.05, 0) is 40.2 Å². The lowest BCUT2D eigenvalue weighted by molar-refractivity contribution is 0.287. The van der Waals surface area contributed by atoms with Crippen LogP contribution in [0.25, 0.3) is 0 Å². The van der Waals surface area contributed by atoms with E-state index in [-0.39, 0.29) is 5.84 Å². The Bertz CT molecular complexity index is 598. The zero-order chi connectivity index (χ0) is 13.8. The van der Waals surface area contributed by atoms with Gasteiger partial charge in [0.2, 0.25) is 0 Å². The minimum atomic E-state index is 0.00652. The first-order chi connectivity index (χ1) is 9.10. The van der Waals surface area contributed by atoms with Crippen LogP contribution in [0, 0.1) is 5.41 Å². The molecule has 0 aliphatic rings. The molecule has 19 heavy (non-hydrogen) atoms. The van der Waals surface area contributed by atoms with Crippen LogP contribution in [0.2, 0.25) is 0 Å². The first-order valence-corrected chi connectivity index (χ1v) is 7.15. The number of amidine groups is 1. The van der Waals surface area contributed by atoms with Gasteiger partial charge in [-0.25, -0.2) is 0 Å². The second kappa shape index (κ2) is 6.08. The maximum absolute atomic E-state index is 7.39. The van der Waals surface area contributed by atoms with Gasteiger partial charge in [-0.3, -0.25) is 5.41 Å². The molecule has 1 aromatic carbocycles. The molecule has 2 rings (SSSR count). The Balaban J connectivity index is 2.13. The normalized spacial score (nSPS) is 10.2. The third-order valence-electron chi connectivity index (χ3n) is 2.47. The van der Waals surface area contributed by atoms with Crippen molar-refractivity contribution < 1.29 is 9.47 Å². The number of nitrogens with two attached hydrogens (primary N) is 1. The lowest BCUT2D eigenvalue weighted by Crippen LogP contribution is -2.11. The fraction of sp³-hybridized carbons (Fsp3) is 0.154. The molecule has 1 heterocycles. The van der Waals surface area contributed by atoms with E-state index in [1.165, 1.54) is 0 Å². The van der Waals surface area contributed by atoms with Crippen LogP contribution in [-0.2, 0) is 6.61 Å². The summed E-state index contributed by atoms with van der Waals surface area (Å²) in [6.45, 7) is 0.478. The highest BCUT2D eigenvalue weighted by Crippen LogP contribution is 2.29. The van der Waals surface area contributed by atoms with Crippen molar-refractivity contribution >= 4 is 33.1 Å². The smallest absolute Gasteiger partial charge is 0.161 e. The molecule has 0 unspecified atom stereocenters. The highest BCUT2D eigenvalue weighted by molar-refractivity contribution is 9.10. The van der Waals surface area contributed by atoms with Crippen LogP contribution < -0.4 is 15.2 Å². The number of rotatable bonds is 5. The van der Waals surface area contributed by atoms with Crippen LogP contribution in [0.15, 0.2) is 34.1 Å². The number of hydrogen-bond acceptors (Lipinski definition) is 4. The quantitative estimate of drug-likeness (QED) is 0.647. The van der Waals surface area contributed by atoms with E-state index in [0.717, 1.165) is 9.35 Å². The van der Waals surface area contributed by atoms with Crippen molar-refractivity contribution in [2.24, 2.45) is 5.73 Å². The zero-order valence-electron chi connectivity index (χ0n) is 10.3. The van der Waals surface area contributed by atoms with E-state index in [4.69, 9.17) is 20.6 Å². The van der Waals surface area contributed by atoms with Gasteiger partial charge < -0.3 is 15.2 Å². The number of halogens is 1. The summed E-state index contributed by atoms with van der Waals surface area (Å²) in [5.74, 6) is 1.22. The fourth-order valence-electron chi connectivity index (χ4n) is 1.53. The van der Waals surface area contributed by atoms with E-state index in [1.807, 2.05) is 11.4 Å². The summed E-state index contributed by atoms with van der Waals surface area (Å²) in [6, 6.07) is 7.21. The van der Waals surface area contributed by atoms with Gasteiger partial charge in [-0.2, -0.15) is 0 Å². The molecule has 0 aliphatic carbocycles. The number of hydrogen-bond donors (Lipinski definition) is 2. The molecule has 0 amide bonds. The molecule has 2 aromatic rings. The molecule has 0 radical (unpaired) electrons. The Morgan fingerprint density at radius 1 is 1.37 bits per heavy atom. The second-order valence-corrected chi connectivity index (χ2v) is 5.71. The van der Waals surface area contributed by atoms with E-state index < -0.39 is 0 Å². The first kappa shape index (κ1) is 13.9.